The molecule has 1 heterocycles. The first kappa shape index (κ1) is 8.05. The second-order valence-electron chi connectivity index (χ2n) is 2.16. The summed E-state index contributed by atoms with van der Waals surface area (Å²) >= 11 is 0. The third kappa shape index (κ3) is 1.51. The Balaban J connectivity index is 3.20. The van der Waals surface area contributed by atoms with Crippen LogP contribution in [0.1, 0.15) is 11.1 Å². The first-order valence-electron chi connectivity index (χ1n) is 3.20. The van der Waals surface area contributed by atoms with Crippen LogP contribution in [0.25, 0.3) is 10.4 Å². The fourth-order valence-corrected chi connectivity index (χ4v) is 0.759. The highest BCUT2D eigenvalue weighted by molar-refractivity contribution is 5.41. The lowest BCUT2D eigenvalue weighted by Crippen LogP contribution is -1.83. The largest absolute Gasteiger partial charge is 0.253 e. The summed E-state index contributed by atoms with van der Waals surface area (Å²) in [7, 11) is 0. The van der Waals surface area contributed by atoms with Gasteiger partial charge in [-0.3, -0.25) is 4.98 Å². The molecule has 0 N–H and O–H groups in total. The van der Waals surface area contributed by atoms with Crippen molar-refractivity contribution in [3.8, 4) is 6.07 Å². The number of aromatic nitrogens is 1. The summed E-state index contributed by atoms with van der Waals surface area (Å²) in [6.45, 7) is 1.76. The molecule has 1 rings (SSSR count). The minimum Gasteiger partial charge on any atom is -0.253 e. The number of rotatable bonds is 1. The van der Waals surface area contributed by atoms with E-state index in [0.29, 0.717) is 5.56 Å². The number of hydrogen-bond acceptors (Lipinski definition) is 3. The van der Waals surface area contributed by atoms with Crippen molar-refractivity contribution >= 4 is 5.82 Å². The molecule has 0 aliphatic rings. The van der Waals surface area contributed by atoms with Gasteiger partial charge < -0.3 is 0 Å². The van der Waals surface area contributed by atoms with Crippen molar-refractivity contribution in [2.45, 2.75) is 6.92 Å². The molecule has 0 amide bonds. The van der Waals surface area contributed by atoms with Crippen LogP contribution in [0.4, 0.5) is 5.82 Å². The quantitative estimate of drug-likeness (QED) is 0.357. The molecule has 0 unspecified atom stereocenters. The van der Waals surface area contributed by atoms with Crippen molar-refractivity contribution in [3.63, 3.8) is 0 Å². The van der Waals surface area contributed by atoms with Gasteiger partial charge in [0.25, 0.3) is 0 Å². The SMILES string of the molecule is Cc1cc(N=[N+]=[N-])ncc1C#N. The highest BCUT2D eigenvalue weighted by Crippen LogP contribution is 2.12. The Bertz CT molecular complexity index is 383. The number of nitrogens with zero attached hydrogens (tertiary/aromatic N) is 5. The average molecular weight is 159 g/mol. The van der Waals surface area contributed by atoms with E-state index < -0.39 is 0 Å². The topological polar surface area (TPSA) is 85.4 Å². The predicted octanol–water partition coefficient (Wildman–Crippen LogP) is 2.20. The van der Waals surface area contributed by atoms with Crippen LogP contribution in [0.2, 0.25) is 0 Å². The van der Waals surface area contributed by atoms with Gasteiger partial charge >= 0.3 is 0 Å². The number of azide groups is 1. The molecule has 0 fully saturated rings. The monoisotopic (exact) mass is 159 g/mol. The second-order valence-corrected chi connectivity index (χ2v) is 2.16. The maximum absolute atomic E-state index is 8.55. The molecule has 5 heteroatoms. The van der Waals surface area contributed by atoms with E-state index in [9.17, 15) is 0 Å². The Kier molecular flexibility index (Phi) is 2.26. The molecular weight excluding hydrogens is 154 g/mol. The van der Waals surface area contributed by atoms with Crippen LogP contribution >= 0.6 is 0 Å². The highest BCUT2D eigenvalue weighted by Gasteiger charge is 1.97. The summed E-state index contributed by atoms with van der Waals surface area (Å²) < 4.78 is 0. The fraction of sp³-hybridized carbons (Fsp3) is 0.143. The van der Waals surface area contributed by atoms with Crippen LogP contribution in [0.3, 0.4) is 0 Å². The Hall–Kier alpha value is -2.05. The minimum atomic E-state index is 0.286. The molecule has 0 aliphatic carbocycles. The van der Waals surface area contributed by atoms with Crippen LogP contribution in [-0.4, -0.2) is 4.98 Å². The Labute approximate surface area is 68.9 Å². The van der Waals surface area contributed by atoms with Crippen molar-refractivity contribution in [1.82, 2.24) is 4.98 Å². The lowest BCUT2D eigenvalue weighted by molar-refractivity contribution is 1.21. The van der Waals surface area contributed by atoms with E-state index in [0.717, 1.165) is 5.56 Å². The van der Waals surface area contributed by atoms with Crippen molar-refractivity contribution < 1.29 is 0 Å². The van der Waals surface area contributed by atoms with Gasteiger partial charge in [-0.2, -0.15) is 5.26 Å². The molecule has 0 spiro atoms. The summed E-state index contributed by atoms with van der Waals surface area (Å²) in [5, 5.41) is 11.8. The highest BCUT2D eigenvalue weighted by atomic mass is 15.2. The van der Waals surface area contributed by atoms with E-state index in [2.05, 4.69) is 15.0 Å². The average Bonchev–Trinajstić information content (AvgIpc) is 2.05. The van der Waals surface area contributed by atoms with Gasteiger partial charge in [0.1, 0.15) is 11.9 Å². The standard InChI is InChI=1S/C7H5N5/c1-5-2-7(11-12-9)10-4-6(5)3-8/h2,4H,1H3. The fourth-order valence-electron chi connectivity index (χ4n) is 0.759. The van der Waals surface area contributed by atoms with Crippen LogP contribution in [0, 0.1) is 18.3 Å². The summed E-state index contributed by atoms with van der Waals surface area (Å²) in [5.74, 6) is 0.286. The zero-order valence-electron chi connectivity index (χ0n) is 6.39. The van der Waals surface area contributed by atoms with E-state index in [1.165, 1.54) is 6.20 Å². The van der Waals surface area contributed by atoms with Crippen LogP contribution in [0.15, 0.2) is 17.4 Å². The normalized spacial score (nSPS) is 8.33. The van der Waals surface area contributed by atoms with E-state index in [1.807, 2.05) is 6.07 Å². The zero-order valence-corrected chi connectivity index (χ0v) is 6.39. The van der Waals surface area contributed by atoms with E-state index in [1.54, 1.807) is 13.0 Å². The Morgan fingerprint density at radius 1 is 1.75 bits per heavy atom. The smallest absolute Gasteiger partial charge is 0.127 e. The van der Waals surface area contributed by atoms with Crippen molar-refractivity contribution in [2.24, 2.45) is 5.11 Å². The Morgan fingerprint density at radius 2 is 2.50 bits per heavy atom. The van der Waals surface area contributed by atoms with Crippen LogP contribution in [-0.2, 0) is 0 Å². The lowest BCUT2D eigenvalue weighted by Gasteiger charge is -1.95. The van der Waals surface area contributed by atoms with Gasteiger partial charge in [0.05, 0.1) is 5.56 Å². The van der Waals surface area contributed by atoms with Crippen molar-refractivity contribution in [3.05, 3.63) is 33.8 Å². The van der Waals surface area contributed by atoms with Gasteiger partial charge in [-0.15, -0.1) is 0 Å². The van der Waals surface area contributed by atoms with Crippen LogP contribution < -0.4 is 0 Å². The van der Waals surface area contributed by atoms with Gasteiger partial charge in [0, 0.05) is 11.1 Å². The zero-order chi connectivity index (χ0) is 8.97. The molecule has 0 radical (unpaired) electrons. The molecule has 1 aromatic rings. The molecule has 12 heavy (non-hydrogen) atoms. The summed E-state index contributed by atoms with van der Waals surface area (Å²) in [4.78, 5) is 6.34. The number of nitriles is 1. The lowest BCUT2D eigenvalue weighted by atomic mass is 10.2. The number of hydrogen-bond donors (Lipinski definition) is 0. The van der Waals surface area contributed by atoms with E-state index >= 15 is 0 Å². The maximum Gasteiger partial charge on any atom is 0.127 e. The van der Waals surface area contributed by atoms with Crippen molar-refractivity contribution in [2.75, 3.05) is 0 Å². The van der Waals surface area contributed by atoms with Gasteiger partial charge in [-0.05, 0) is 29.2 Å². The summed E-state index contributed by atoms with van der Waals surface area (Å²) in [5.41, 5.74) is 9.34. The third-order valence-corrected chi connectivity index (χ3v) is 1.36. The van der Waals surface area contributed by atoms with Gasteiger partial charge in [-0.1, -0.05) is 0 Å². The molecule has 0 saturated carbocycles. The van der Waals surface area contributed by atoms with Gasteiger partial charge in [0.15, 0.2) is 0 Å². The number of pyridine rings is 1. The molecule has 0 aromatic carbocycles. The predicted molar refractivity (Wildman–Crippen MR) is 42.5 cm³/mol. The first-order valence-corrected chi connectivity index (χ1v) is 3.20. The number of aryl methyl sites for hydroxylation is 1. The summed E-state index contributed by atoms with van der Waals surface area (Å²) in [6.07, 6.45) is 1.39. The minimum absolute atomic E-state index is 0.286. The van der Waals surface area contributed by atoms with Crippen LogP contribution in [0.5, 0.6) is 0 Å². The third-order valence-electron chi connectivity index (χ3n) is 1.36. The summed E-state index contributed by atoms with van der Waals surface area (Å²) in [6, 6.07) is 3.54. The molecular formula is C7H5N5. The molecule has 58 valence electrons. The molecule has 1 aromatic heterocycles. The molecule has 0 saturated heterocycles. The molecule has 0 aliphatic heterocycles. The van der Waals surface area contributed by atoms with Gasteiger partial charge in [0.2, 0.25) is 0 Å². The molecule has 0 bridgehead atoms. The Morgan fingerprint density at radius 3 is 3.00 bits per heavy atom. The first-order chi connectivity index (χ1) is 5.77. The van der Waals surface area contributed by atoms with Gasteiger partial charge in [-0.25, -0.2) is 0 Å². The maximum atomic E-state index is 8.55. The van der Waals surface area contributed by atoms with E-state index in [4.69, 9.17) is 10.8 Å². The van der Waals surface area contributed by atoms with E-state index in [-0.39, 0.29) is 5.82 Å². The molecule has 5 nitrogen and oxygen atoms in total. The van der Waals surface area contributed by atoms with Crippen molar-refractivity contribution in [1.29, 1.82) is 5.26 Å². The molecule has 0 atom stereocenters. The second kappa shape index (κ2) is 3.37.